The van der Waals surface area contributed by atoms with E-state index in [0.29, 0.717) is 5.75 Å². The van der Waals surface area contributed by atoms with E-state index in [1.165, 1.54) is 6.07 Å². The maximum Gasteiger partial charge on any atom is 0.167 e. The third kappa shape index (κ3) is 5.22. The zero-order valence-corrected chi connectivity index (χ0v) is 20.2. The smallest absolute Gasteiger partial charge is 0.167 e. The third-order valence-corrected chi connectivity index (χ3v) is 6.04. The van der Waals surface area contributed by atoms with Crippen LogP contribution in [0.2, 0.25) is 0 Å². The van der Waals surface area contributed by atoms with Gasteiger partial charge in [-0.25, -0.2) is 4.39 Å². The molecule has 0 spiro atoms. The van der Waals surface area contributed by atoms with E-state index in [1.807, 2.05) is 24.3 Å². The van der Waals surface area contributed by atoms with E-state index < -0.39 is 5.82 Å². The van der Waals surface area contributed by atoms with Crippen molar-refractivity contribution in [1.29, 1.82) is 10.5 Å². The molecule has 0 aliphatic rings. The molecule has 0 aromatic heterocycles. The fraction of sp³-hybridized carbons (Fsp3) is 0.481. The third-order valence-electron chi connectivity index (χ3n) is 6.04. The summed E-state index contributed by atoms with van der Waals surface area (Å²) in [6, 6.07) is 10.1. The van der Waals surface area contributed by atoms with Crippen molar-refractivity contribution < 1.29 is 13.9 Å². The lowest BCUT2D eigenvalue weighted by Gasteiger charge is -2.32. The Morgan fingerprint density at radius 2 is 1.25 bits per heavy atom. The van der Waals surface area contributed by atoms with Gasteiger partial charge in [-0.15, -0.1) is 0 Å². The lowest BCUT2D eigenvalue weighted by molar-refractivity contribution is 0.369. The van der Waals surface area contributed by atoms with E-state index in [9.17, 15) is 14.9 Å². The molecule has 0 radical (unpaired) electrons. The Balaban J connectivity index is 2.76. The number of hydrogen-bond acceptors (Lipinski definition) is 4. The number of methoxy groups -OCH3 is 1. The molecule has 4 nitrogen and oxygen atoms in total. The standard InChI is InChI=1S/C27H33FN2O2/c1-8-10-26(3,4)20-15-24(21(14-23(20)31-7)27(5,6)11-9-2)32-25-13-19(17-30)18(16-29)12-22(25)28/h12-15H,8-11H2,1-7H3. The Morgan fingerprint density at radius 3 is 1.72 bits per heavy atom. The summed E-state index contributed by atoms with van der Waals surface area (Å²) >= 11 is 0. The van der Waals surface area contributed by atoms with Crippen LogP contribution in [0.3, 0.4) is 0 Å². The van der Waals surface area contributed by atoms with Gasteiger partial charge in [-0.1, -0.05) is 54.4 Å². The first-order valence-corrected chi connectivity index (χ1v) is 11.1. The van der Waals surface area contributed by atoms with Gasteiger partial charge in [0.25, 0.3) is 0 Å². The van der Waals surface area contributed by atoms with Gasteiger partial charge in [0, 0.05) is 17.2 Å². The molecule has 0 N–H and O–H groups in total. The molecule has 0 fully saturated rings. The van der Waals surface area contributed by atoms with Gasteiger partial charge in [0.1, 0.15) is 23.6 Å². The van der Waals surface area contributed by atoms with E-state index in [2.05, 4.69) is 41.5 Å². The first kappa shape index (κ1) is 25.2. The molecule has 0 unspecified atom stereocenters. The quantitative estimate of drug-likeness (QED) is 0.407. The Labute approximate surface area is 191 Å². The summed E-state index contributed by atoms with van der Waals surface area (Å²) in [5, 5.41) is 18.5. The summed E-state index contributed by atoms with van der Waals surface area (Å²) in [6.45, 7) is 12.8. The van der Waals surface area contributed by atoms with Gasteiger partial charge in [0.15, 0.2) is 11.6 Å². The van der Waals surface area contributed by atoms with Crippen molar-refractivity contribution in [3.05, 3.63) is 52.3 Å². The van der Waals surface area contributed by atoms with Gasteiger partial charge in [0.2, 0.25) is 0 Å². The summed E-state index contributed by atoms with van der Waals surface area (Å²) in [6.07, 6.45) is 3.83. The maximum atomic E-state index is 14.8. The first-order chi connectivity index (χ1) is 15.0. The van der Waals surface area contributed by atoms with Crippen molar-refractivity contribution >= 4 is 0 Å². The van der Waals surface area contributed by atoms with E-state index in [4.69, 9.17) is 9.47 Å². The van der Waals surface area contributed by atoms with Crippen LogP contribution < -0.4 is 9.47 Å². The van der Waals surface area contributed by atoms with Crippen molar-refractivity contribution in [1.82, 2.24) is 0 Å². The van der Waals surface area contributed by atoms with Crippen LogP contribution in [0.1, 0.15) is 89.5 Å². The first-order valence-electron chi connectivity index (χ1n) is 11.1. The van der Waals surface area contributed by atoms with Crippen LogP contribution in [-0.2, 0) is 10.8 Å². The molecule has 2 aromatic carbocycles. The number of nitrogens with zero attached hydrogens (tertiary/aromatic N) is 2. The van der Waals surface area contributed by atoms with Crippen molar-refractivity contribution in [3.63, 3.8) is 0 Å². The lowest BCUT2D eigenvalue weighted by Crippen LogP contribution is -2.22. The number of benzene rings is 2. The molecule has 0 heterocycles. The molecular formula is C27H33FN2O2. The molecule has 32 heavy (non-hydrogen) atoms. The second-order valence-electron chi connectivity index (χ2n) is 9.47. The van der Waals surface area contributed by atoms with Crippen molar-refractivity contribution in [3.8, 4) is 29.4 Å². The number of halogens is 1. The van der Waals surface area contributed by atoms with Crippen LogP contribution in [0.4, 0.5) is 4.39 Å². The van der Waals surface area contributed by atoms with Crippen molar-refractivity contribution in [2.24, 2.45) is 0 Å². The molecule has 0 bridgehead atoms. The van der Waals surface area contributed by atoms with Crippen LogP contribution in [0, 0.1) is 28.5 Å². The zero-order chi connectivity index (χ0) is 24.1. The molecule has 0 saturated heterocycles. The van der Waals surface area contributed by atoms with Gasteiger partial charge in [0.05, 0.1) is 18.2 Å². The second-order valence-corrected chi connectivity index (χ2v) is 9.47. The number of hydrogen-bond donors (Lipinski definition) is 0. The van der Waals surface area contributed by atoms with Gasteiger partial charge >= 0.3 is 0 Å². The largest absolute Gasteiger partial charge is 0.496 e. The molecule has 0 aliphatic carbocycles. The van der Waals surface area contributed by atoms with E-state index in [-0.39, 0.29) is 27.7 Å². The Bertz CT molecular complexity index is 1060. The van der Waals surface area contributed by atoms with E-state index in [0.717, 1.165) is 48.6 Å². The molecule has 0 saturated carbocycles. The summed E-state index contributed by atoms with van der Waals surface area (Å²) in [5.74, 6) is 0.576. The van der Waals surface area contributed by atoms with Crippen molar-refractivity contribution in [2.45, 2.75) is 78.1 Å². The van der Waals surface area contributed by atoms with E-state index in [1.54, 1.807) is 7.11 Å². The highest BCUT2D eigenvalue weighted by Crippen LogP contribution is 2.45. The topological polar surface area (TPSA) is 66.0 Å². The average molecular weight is 437 g/mol. The summed E-state index contributed by atoms with van der Waals surface area (Å²) in [5.41, 5.74) is 1.55. The minimum absolute atomic E-state index is 0.0108. The predicted octanol–water partition coefficient (Wildman–Crippen LogP) is 7.53. The predicted molar refractivity (Wildman–Crippen MR) is 125 cm³/mol. The highest BCUT2D eigenvalue weighted by atomic mass is 19.1. The van der Waals surface area contributed by atoms with Gasteiger partial charge in [-0.05, 0) is 41.9 Å². The van der Waals surface area contributed by atoms with Crippen molar-refractivity contribution in [2.75, 3.05) is 7.11 Å². The minimum atomic E-state index is -0.676. The molecule has 170 valence electrons. The van der Waals surface area contributed by atoms with E-state index >= 15 is 0 Å². The fourth-order valence-corrected chi connectivity index (χ4v) is 4.33. The Morgan fingerprint density at radius 1 is 0.781 bits per heavy atom. The van der Waals surface area contributed by atoms with Crippen LogP contribution in [-0.4, -0.2) is 7.11 Å². The van der Waals surface area contributed by atoms with Crippen LogP contribution in [0.25, 0.3) is 0 Å². The minimum Gasteiger partial charge on any atom is -0.496 e. The second kappa shape index (κ2) is 10.0. The normalized spacial score (nSPS) is 11.6. The molecule has 5 heteroatoms. The van der Waals surface area contributed by atoms with Gasteiger partial charge < -0.3 is 9.47 Å². The monoisotopic (exact) mass is 436 g/mol. The number of ether oxygens (including phenoxy) is 2. The Hall–Kier alpha value is -3.05. The SMILES string of the molecule is CCCC(C)(C)c1cc(Oc2cc(C#N)c(C#N)cc2F)c(C(C)(C)CCC)cc1OC. The van der Waals surface area contributed by atoms with Crippen LogP contribution >= 0.6 is 0 Å². The molecule has 0 atom stereocenters. The van der Waals surface area contributed by atoms with Gasteiger partial charge in [-0.2, -0.15) is 10.5 Å². The summed E-state index contributed by atoms with van der Waals surface area (Å²) in [7, 11) is 1.66. The summed E-state index contributed by atoms with van der Waals surface area (Å²) < 4.78 is 26.7. The Kier molecular flexibility index (Phi) is 7.92. The number of rotatable bonds is 9. The molecule has 2 rings (SSSR count). The number of nitriles is 2. The van der Waals surface area contributed by atoms with Crippen LogP contribution in [0.5, 0.6) is 17.2 Å². The molecule has 0 aliphatic heterocycles. The zero-order valence-electron chi connectivity index (χ0n) is 20.2. The van der Waals surface area contributed by atoms with Gasteiger partial charge in [-0.3, -0.25) is 0 Å². The molecular weight excluding hydrogens is 403 g/mol. The van der Waals surface area contributed by atoms with Crippen LogP contribution in [0.15, 0.2) is 24.3 Å². The molecule has 0 amide bonds. The highest BCUT2D eigenvalue weighted by molar-refractivity contribution is 5.55. The highest BCUT2D eigenvalue weighted by Gasteiger charge is 2.31. The maximum absolute atomic E-state index is 14.8. The summed E-state index contributed by atoms with van der Waals surface area (Å²) in [4.78, 5) is 0. The fourth-order valence-electron chi connectivity index (χ4n) is 4.33. The average Bonchev–Trinajstić information content (AvgIpc) is 2.74. The lowest BCUT2D eigenvalue weighted by atomic mass is 9.75. The molecule has 2 aromatic rings.